The Morgan fingerprint density at radius 2 is 0.636 bits per heavy atom. The minimum Gasteiger partial charge on any atom is -0.0885 e. The van der Waals surface area contributed by atoms with E-state index in [1.807, 2.05) is 0 Å². The van der Waals surface area contributed by atoms with Crippen LogP contribution in [0, 0.1) is 0 Å². The largest absolute Gasteiger partial charge is 0.0885 e. The lowest BCUT2D eigenvalue weighted by Crippen LogP contribution is -1.82. The standard InChI is InChI=1S/C22H44/c1-3-5-7-9-11-13-15-17-19-21-22-20-18-16-14-12-10-8-6-4-2/h13,15H,3-12,14,16-22H2,1-2H3/b15-13-. The van der Waals surface area contributed by atoms with Gasteiger partial charge >= 0.3 is 0 Å². The summed E-state index contributed by atoms with van der Waals surface area (Å²) in [6.45, 7) is 4.58. The molecule has 0 saturated heterocycles. The van der Waals surface area contributed by atoms with Crippen molar-refractivity contribution < 1.29 is 0 Å². The highest BCUT2D eigenvalue weighted by atomic mass is 14.0. The topological polar surface area (TPSA) is 0 Å². The Morgan fingerprint density at radius 3 is 1.00 bits per heavy atom. The summed E-state index contributed by atoms with van der Waals surface area (Å²) in [5.41, 5.74) is 0. The van der Waals surface area contributed by atoms with Gasteiger partial charge in [-0.1, -0.05) is 116 Å². The van der Waals surface area contributed by atoms with Gasteiger partial charge in [-0.25, -0.2) is 0 Å². The van der Waals surface area contributed by atoms with E-state index in [4.69, 9.17) is 0 Å². The molecule has 132 valence electrons. The van der Waals surface area contributed by atoms with Gasteiger partial charge in [-0.05, 0) is 25.7 Å². The fraction of sp³-hybridized carbons (Fsp3) is 0.909. The molecule has 0 rings (SSSR count). The molecule has 0 bridgehead atoms. The van der Waals surface area contributed by atoms with E-state index in [0.29, 0.717) is 0 Å². The van der Waals surface area contributed by atoms with Crippen molar-refractivity contribution in [2.45, 2.75) is 129 Å². The molecular formula is C22H44. The Kier molecular flexibility index (Phi) is 20.5. The van der Waals surface area contributed by atoms with Crippen LogP contribution in [0.4, 0.5) is 0 Å². The predicted octanol–water partition coefficient (Wildman–Crippen LogP) is 8.60. The van der Waals surface area contributed by atoms with Crippen LogP contribution in [0.1, 0.15) is 129 Å². The first-order chi connectivity index (χ1) is 10.9. The number of unbranched alkanes of at least 4 members (excludes halogenated alkanes) is 16. The van der Waals surface area contributed by atoms with Crippen LogP contribution in [-0.2, 0) is 0 Å². The molecule has 0 aromatic heterocycles. The van der Waals surface area contributed by atoms with Gasteiger partial charge in [0, 0.05) is 0 Å². The van der Waals surface area contributed by atoms with Gasteiger partial charge in [0.15, 0.2) is 0 Å². The van der Waals surface area contributed by atoms with E-state index in [1.54, 1.807) is 0 Å². The SMILES string of the molecule is CCCCCC/C=C\CCCCCCCCCCCCCC. The van der Waals surface area contributed by atoms with Crippen LogP contribution < -0.4 is 0 Å². The summed E-state index contributed by atoms with van der Waals surface area (Å²) in [5.74, 6) is 0. The van der Waals surface area contributed by atoms with Crippen molar-refractivity contribution in [3.05, 3.63) is 12.2 Å². The van der Waals surface area contributed by atoms with E-state index in [-0.39, 0.29) is 0 Å². The summed E-state index contributed by atoms with van der Waals surface area (Å²) in [5, 5.41) is 0. The van der Waals surface area contributed by atoms with Gasteiger partial charge in [0.1, 0.15) is 0 Å². The third-order valence-electron chi connectivity index (χ3n) is 4.62. The van der Waals surface area contributed by atoms with E-state index in [1.165, 1.54) is 116 Å². The highest BCUT2D eigenvalue weighted by Crippen LogP contribution is 2.12. The second-order valence-corrected chi connectivity index (χ2v) is 7.00. The van der Waals surface area contributed by atoms with Crippen LogP contribution in [0.3, 0.4) is 0 Å². The average molecular weight is 309 g/mol. The van der Waals surface area contributed by atoms with Gasteiger partial charge < -0.3 is 0 Å². The predicted molar refractivity (Wildman–Crippen MR) is 104 cm³/mol. The van der Waals surface area contributed by atoms with Crippen LogP contribution in [0.5, 0.6) is 0 Å². The summed E-state index contributed by atoms with van der Waals surface area (Å²) >= 11 is 0. The van der Waals surface area contributed by atoms with E-state index in [0.717, 1.165) is 0 Å². The molecule has 0 nitrogen and oxygen atoms in total. The summed E-state index contributed by atoms with van der Waals surface area (Å²) < 4.78 is 0. The van der Waals surface area contributed by atoms with Crippen molar-refractivity contribution in [1.82, 2.24) is 0 Å². The van der Waals surface area contributed by atoms with E-state index >= 15 is 0 Å². The molecule has 0 radical (unpaired) electrons. The fourth-order valence-electron chi connectivity index (χ4n) is 3.03. The van der Waals surface area contributed by atoms with Gasteiger partial charge in [0.2, 0.25) is 0 Å². The Morgan fingerprint density at radius 1 is 0.364 bits per heavy atom. The zero-order valence-corrected chi connectivity index (χ0v) is 15.9. The normalized spacial score (nSPS) is 11.5. The highest BCUT2D eigenvalue weighted by molar-refractivity contribution is 4.81. The molecule has 0 heteroatoms. The number of hydrogen-bond donors (Lipinski definition) is 0. The fourth-order valence-corrected chi connectivity index (χ4v) is 3.03. The molecule has 0 saturated carbocycles. The number of allylic oxidation sites excluding steroid dienone is 2. The van der Waals surface area contributed by atoms with Crippen LogP contribution >= 0.6 is 0 Å². The minimum atomic E-state index is 1.30. The molecule has 0 N–H and O–H groups in total. The molecule has 0 aliphatic heterocycles. The summed E-state index contributed by atoms with van der Waals surface area (Å²) in [6, 6.07) is 0. The Balaban J connectivity index is 3.00. The van der Waals surface area contributed by atoms with Crippen LogP contribution in [-0.4, -0.2) is 0 Å². The monoisotopic (exact) mass is 308 g/mol. The van der Waals surface area contributed by atoms with E-state index in [9.17, 15) is 0 Å². The lowest BCUT2D eigenvalue weighted by molar-refractivity contribution is 0.545. The molecule has 0 unspecified atom stereocenters. The van der Waals surface area contributed by atoms with Gasteiger partial charge in [0.25, 0.3) is 0 Å². The molecule has 0 aliphatic carbocycles. The Hall–Kier alpha value is -0.260. The second-order valence-electron chi connectivity index (χ2n) is 7.00. The van der Waals surface area contributed by atoms with E-state index < -0.39 is 0 Å². The van der Waals surface area contributed by atoms with Gasteiger partial charge in [-0.2, -0.15) is 0 Å². The van der Waals surface area contributed by atoms with Crippen LogP contribution in [0.25, 0.3) is 0 Å². The maximum Gasteiger partial charge on any atom is -0.0351 e. The molecule has 0 spiro atoms. The average Bonchev–Trinajstić information content (AvgIpc) is 2.54. The second kappa shape index (κ2) is 20.7. The first kappa shape index (κ1) is 21.7. The Bertz CT molecular complexity index is 204. The molecular weight excluding hydrogens is 264 g/mol. The molecule has 0 fully saturated rings. The zero-order valence-electron chi connectivity index (χ0n) is 15.9. The zero-order chi connectivity index (χ0) is 16.1. The van der Waals surface area contributed by atoms with Crippen molar-refractivity contribution in [3.63, 3.8) is 0 Å². The van der Waals surface area contributed by atoms with Crippen LogP contribution in [0.2, 0.25) is 0 Å². The van der Waals surface area contributed by atoms with Crippen molar-refractivity contribution in [2.24, 2.45) is 0 Å². The molecule has 22 heavy (non-hydrogen) atoms. The maximum absolute atomic E-state index is 2.42. The van der Waals surface area contributed by atoms with Crippen molar-refractivity contribution in [2.75, 3.05) is 0 Å². The smallest absolute Gasteiger partial charge is 0.0351 e. The van der Waals surface area contributed by atoms with Gasteiger partial charge in [-0.3, -0.25) is 0 Å². The first-order valence-electron chi connectivity index (χ1n) is 10.6. The van der Waals surface area contributed by atoms with Gasteiger partial charge in [0.05, 0.1) is 0 Å². The molecule has 0 aliphatic rings. The van der Waals surface area contributed by atoms with E-state index in [2.05, 4.69) is 26.0 Å². The van der Waals surface area contributed by atoms with Crippen molar-refractivity contribution in [1.29, 1.82) is 0 Å². The number of hydrogen-bond acceptors (Lipinski definition) is 0. The summed E-state index contributed by atoms with van der Waals surface area (Å²) in [7, 11) is 0. The van der Waals surface area contributed by atoms with Crippen molar-refractivity contribution in [3.8, 4) is 0 Å². The molecule has 0 aromatic carbocycles. The Labute approximate surface area is 142 Å². The first-order valence-corrected chi connectivity index (χ1v) is 10.6. The lowest BCUT2D eigenvalue weighted by atomic mass is 10.0. The lowest BCUT2D eigenvalue weighted by Gasteiger charge is -2.02. The maximum atomic E-state index is 2.42. The minimum absolute atomic E-state index is 1.30. The van der Waals surface area contributed by atoms with Crippen LogP contribution in [0.15, 0.2) is 12.2 Å². The van der Waals surface area contributed by atoms with Gasteiger partial charge in [-0.15, -0.1) is 0 Å². The van der Waals surface area contributed by atoms with Crippen molar-refractivity contribution >= 4 is 0 Å². The highest BCUT2D eigenvalue weighted by Gasteiger charge is 1.93. The molecule has 0 heterocycles. The third-order valence-corrected chi connectivity index (χ3v) is 4.62. The molecule has 0 amide bonds. The third kappa shape index (κ3) is 19.7. The summed E-state index contributed by atoms with van der Waals surface area (Å²) in [4.78, 5) is 0. The quantitative estimate of drug-likeness (QED) is 0.176. The molecule has 0 aromatic rings. The summed E-state index contributed by atoms with van der Waals surface area (Å²) in [6.07, 6.45) is 30.4. The molecule has 0 atom stereocenters. The number of rotatable bonds is 18.